The van der Waals surface area contributed by atoms with Gasteiger partial charge in [-0.25, -0.2) is 0 Å². The highest BCUT2D eigenvalue weighted by molar-refractivity contribution is 14.1. The summed E-state index contributed by atoms with van der Waals surface area (Å²) in [5, 5.41) is 0. The molecule has 15 heavy (non-hydrogen) atoms. The molecular weight excluding hydrogens is 297 g/mol. The van der Waals surface area contributed by atoms with Crippen LogP contribution in [-0.2, 0) is 0 Å². The zero-order valence-electron chi connectivity index (χ0n) is 8.10. The Hall–Kier alpha value is -1.16. The lowest BCUT2D eigenvalue weighted by Gasteiger charge is -1.94. The maximum Gasteiger partial charge on any atom is 0.0273 e. The quantitative estimate of drug-likeness (QED) is 0.768. The molecule has 0 fully saturated rings. The van der Waals surface area contributed by atoms with E-state index in [2.05, 4.69) is 64.0 Å². The molecule has 0 bridgehead atoms. The molecule has 1 heterocycles. The number of pyridine rings is 1. The smallest absolute Gasteiger partial charge is 0.0273 e. The summed E-state index contributed by atoms with van der Waals surface area (Å²) in [6.07, 6.45) is 7.79. The van der Waals surface area contributed by atoms with Gasteiger partial charge in [0.05, 0.1) is 0 Å². The number of rotatable bonds is 2. The van der Waals surface area contributed by atoms with E-state index in [1.165, 1.54) is 14.7 Å². The first-order valence-electron chi connectivity index (χ1n) is 4.68. The number of nitrogens with zero attached hydrogens (tertiary/aromatic N) is 1. The Labute approximate surface area is 103 Å². The Kier molecular flexibility index (Phi) is 3.50. The van der Waals surface area contributed by atoms with Crippen molar-refractivity contribution in [1.82, 2.24) is 4.98 Å². The van der Waals surface area contributed by atoms with E-state index in [9.17, 15) is 0 Å². The van der Waals surface area contributed by atoms with E-state index in [1.807, 2.05) is 12.1 Å². The van der Waals surface area contributed by atoms with E-state index < -0.39 is 0 Å². The fraction of sp³-hybridized carbons (Fsp3) is 0. The predicted molar refractivity (Wildman–Crippen MR) is 72.3 cm³/mol. The molecule has 0 unspecified atom stereocenters. The molecule has 2 aromatic rings. The molecule has 0 radical (unpaired) electrons. The average Bonchev–Trinajstić information content (AvgIpc) is 2.30. The molecule has 2 heteroatoms. The van der Waals surface area contributed by atoms with Crippen molar-refractivity contribution in [3.8, 4) is 0 Å². The first kappa shape index (κ1) is 10.4. The topological polar surface area (TPSA) is 12.9 Å². The zero-order valence-corrected chi connectivity index (χ0v) is 10.3. The summed E-state index contributed by atoms with van der Waals surface area (Å²) in [6.45, 7) is 0. The van der Waals surface area contributed by atoms with Gasteiger partial charge in [-0.05, 0) is 58.0 Å². The van der Waals surface area contributed by atoms with Crippen molar-refractivity contribution in [3.05, 3.63) is 63.5 Å². The van der Waals surface area contributed by atoms with Crippen molar-refractivity contribution in [2.75, 3.05) is 0 Å². The Morgan fingerprint density at radius 2 is 1.33 bits per heavy atom. The monoisotopic (exact) mass is 307 g/mol. The van der Waals surface area contributed by atoms with Crippen LogP contribution in [0.15, 0.2) is 48.8 Å². The highest BCUT2D eigenvalue weighted by Crippen LogP contribution is 2.10. The molecule has 0 saturated carbocycles. The summed E-state index contributed by atoms with van der Waals surface area (Å²) in [4.78, 5) is 3.98. The summed E-state index contributed by atoms with van der Waals surface area (Å²) in [7, 11) is 0. The van der Waals surface area contributed by atoms with E-state index in [-0.39, 0.29) is 0 Å². The van der Waals surface area contributed by atoms with Crippen LogP contribution in [0.25, 0.3) is 12.2 Å². The summed E-state index contributed by atoms with van der Waals surface area (Å²) in [5.74, 6) is 0. The molecule has 74 valence electrons. The Balaban J connectivity index is 2.15. The number of aromatic nitrogens is 1. The van der Waals surface area contributed by atoms with E-state index >= 15 is 0 Å². The summed E-state index contributed by atoms with van der Waals surface area (Å²) in [5.41, 5.74) is 2.38. The SMILES string of the molecule is Ic1ccc(/C=C\c2ccncc2)cc1. The van der Waals surface area contributed by atoms with Gasteiger partial charge in [0, 0.05) is 16.0 Å². The normalized spacial score (nSPS) is 10.7. The van der Waals surface area contributed by atoms with Crippen molar-refractivity contribution in [1.29, 1.82) is 0 Å². The molecule has 1 aromatic heterocycles. The van der Waals surface area contributed by atoms with Crippen LogP contribution in [0.1, 0.15) is 11.1 Å². The number of halogens is 1. The van der Waals surface area contributed by atoms with Gasteiger partial charge in [0.25, 0.3) is 0 Å². The van der Waals surface area contributed by atoms with Crippen molar-refractivity contribution < 1.29 is 0 Å². The van der Waals surface area contributed by atoms with E-state index in [1.54, 1.807) is 12.4 Å². The molecule has 0 aliphatic rings. The summed E-state index contributed by atoms with van der Waals surface area (Å²) >= 11 is 2.30. The maximum absolute atomic E-state index is 3.98. The van der Waals surface area contributed by atoms with Crippen LogP contribution in [0, 0.1) is 3.57 Å². The van der Waals surface area contributed by atoms with Gasteiger partial charge >= 0.3 is 0 Å². The standard InChI is InChI=1S/C13H10IN/c14-13-5-3-11(4-6-13)1-2-12-7-9-15-10-8-12/h1-10H/b2-1-. The Morgan fingerprint density at radius 3 is 1.93 bits per heavy atom. The van der Waals surface area contributed by atoms with E-state index in [4.69, 9.17) is 0 Å². The average molecular weight is 307 g/mol. The molecule has 0 amide bonds. The molecule has 2 rings (SSSR count). The van der Waals surface area contributed by atoms with Crippen molar-refractivity contribution in [2.45, 2.75) is 0 Å². The largest absolute Gasteiger partial charge is 0.265 e. The fourth-order valence-electron chi connectivity index (χ4n) is 1.24. The lowest BCUT2D eigenvalue weighted by molar-refractivity contribution is 1.32. The van der Waals surface area contributed by atoms with Crippen LogP contribution in [0.4, 0.5) is 0 Å². The molecule has 1 nitrogen and oxygen atoms in total. The molecular formula is C13H10IN. The van der Waals surface area contributed by atoms with Gasteiger partial charge in [-0.1, -0.05) is 24.3 Å². The molecule has 0 atom stereocenters. The van der Waals surface area contributed by atoms with Crippen LogP contribution < -0.4 is 0 Å². The third kappa shape index (κ3) is 3.16. The van der Waals surface area contributed by atoms with Crippen LogP contribution >= 0.6 is 22.6 Å². The number of hydrogen-bond donors (Lipinski definition) is 0. The van der Waals surface area contributed by atoms with Crippen molar-refractivity contribution >= 4 is 34.7 Å². The van der Waals surface area contributed by atoms with Gasteiger partial charge in [0.2, 0.25) is 0 Å². The van der Waals surface area contributed by atoms with Crippen molar-refractivity contribution in [3.63, 3.8) is 0 Å². The molecule has 0 spiro atoms. The summed E-state index contributed by atoms with van der Waals surface area (Å²) in [6, 6.07) is 12.4. The minimum absolute atomic E-state index is 1.17. The molecule has 0 aliphatic carbocycles. The van der Waals surface area contributed by atoms with Crippen LogP contribution in [0.2, 0.25) is 0 Å². The number of benzene rings is 1. The minimum Gasteiger partial charge on any atom is -0.265 e. The first-order valence-corrected chi connectivity index (χ1v) is 5.76. The third-order valence-electron chi connectivity index (χ3n) is 2.04. The highest BCUT2D eigenvalue weighted by Gasteiger charge is 1.88. The predicted octanol–water partition coefficient (Wildman–Crippen LogP) is 3.86. The van der Waals surface area contributed by atoms with Gasteiger partial charge < -0.3 is 0 Å². The Bertz CT molecular complexity index is 446. The second-order valence-corrected chi connectivity index (χ2v) is 4.41. The molecule has 0 N–H and O–H groups in total. The molecule has 0 saturated heterocycles. The third-order valence-corrected chi connectivity index (χ3v) is 2.76. The van der Waals surface area contributed by atoms with Gasteiger partial charge in [-0.15, -0.1) is 0 Å². The fourth-order valence-corrected chi connectivity index (χ4v) is 1.60. The Morgan fingerprint density at radius 1 is 0.800 bits per heavy atom. The van der Waals surface area contributed by atoms with Crippen LogP contribution in [-0.4, -0.2) is 4.98 Å². The van der Waals surface area contributed by atoms with Crippen LogP contribution in [0.5, 0.6) is 0 Å². The minimum atomic E-state index is 1.17. The maximum atomic E-state index is 3.98. The lowest BCUT2D eigenvalue weighted by Crippen LogP contribution is -1.74. The van der Waals surface area contributed by atoms with Crippen LogP contribution in [0.3, 0.4) is 0 Å². The lowest BCUT2D eigenvalue weighted by atomic mass is 10.2. The van der Waals surface area contributed by atoms with Gasteiger partial charge in [0.15, 0.2) is 0 Å². The zero-order chi connectivity index (χ0) is 10.5. The first-order chi connectivity index (χ1) is 7.34. The van der Waals surface area contributed by atoms with Crippen molar-refractivity contribution in [2.24, 2.45) is 0 Å². The van der Waals surface area contributed by atoms with Gasteiger partial charge in [-0.2, -0.15) is 0 Å². The second kappa shape index (κ2) is 5.07. The molecule has 0 aliphatic heterocycles. The highest BCUT2D eigenvalue weighted by atomic mass is 127. The van der Waals surface area contributed by atoms with Gasteiger partial charge in [0.1, 0.15) is 0 Å². The van der Waals surface area contributed by atoms with E-state index in [0.717, 1.165) is 0 Å². The summed E-state index contributed by atoms with van der Waals surface area (Å²) < 4.78 is 1.26. The molecule has 1 aromatic carbocycles. The van der Waals surface area contributed by atoms with E-state index in [0.29, 0.717) is 0 Å². The number of hydrogen-bond acceptors (Lipinski definition) is 1. The van der Waals surface area contributed by atoms with Gasteiger partial charge in [-0.3, -0.25) is 4.98 Å². The second-order valence-electron chi connectivity index (χ2n) is 3.17.